The zero-order valence-electron chi connectivity index (χ0n) is 49.3. The van der Waals surface area contributed by atoms with Gasteiger partial charge in [0.05, 0.1) is 46.2 Å². The molecule has 0 amide bonds. The van der Waals surface area contributed by atoms with Crippen molar-refractivity contribution in [2.75, 3.05) is 0 Å². The van der Waals surface area contributed by atoms with Crippen LogP contribution in [0.15, 0.2) is 287 Å². The standard InChI is InChI=1S/C20H13ClN2.C20H11F3N2.C19H11ClN4.C18H12ClN3/c21-17-6-1-4-16(13-17)20-18(7-3-11-23-20)14-8-9-19-15(12-14)5-2-10-22-19;21-16-11-18(23)17(22)10-15(16)20-14(4-2-8-25-20)12-5-6-19-13(9-12)3-1-7-24-19;1-21-18-11-23-17-8-7-14(12-24(17)18)16-6-3-9-22-19(16)13-4-2-5-15(20)10-13;19-15-4-1-3-13(11-15)18-16(5-2-8-21-18)14-6-7-17-20-9-10-22(17)12-14/h1-13H;1-11H;2-12H;1-12H. The van der Waals surface area contributed by atoms with Gasteiger partial charge >= 0.3 is 0 Å². The minimum atomic E-state index is -1.23. The first kappa shape index (κ1) is 61.1. The van der Waals surface area contributed by atoms with Crippen LogP contribution in [0.1, 0.15) is 0 Å². The Labute approximate surface area is 552 Å². The first-order valence-electron chi connectivity index (χ1n) is 29.2. The van der Waals surface area contributed by atoms with Crippen molar-refractivity contribution in [3.8, 4) is 89.5 Å². The van der Waals surface area contributed by atoms with E-state index in [9.17, 15) is 13.2 Å². The maximum atomic E-state index is 14.2. The molecular formula is C77H47Cl3F3N11. The van der Waals surface area contributed by atoms with Crippen molar-refractivity contribution in [3.63, 3.8) is 0 Å². The van der Waals surface area contributed by atoms with Crippen LogP contribution >= 0.6 is 34.8 Å². The maximum Gasteiger partial charge on any atom is 0.254 e. The molecule has 0 aliphatic rings. The van der Waals surface area contributed by atoms with Crippen molar-refractivity contribution in [1.82, 2.24) is 48.7 Å². The third-order valence-electron chi connectivity index (χ3n) is 15.2. The zero-order valence-corrected chi connectivity index (χ0v) is 51.6. The number of aromatic nitrogens is 10. The van der Waals surface area contributed by atoms with Crippen LogP contribution in [0.2, 0.25) is 15.1 Å². The zero-order chi connectivity index (χ0) is 64.5. The summed E-state index contributed by atoms with van der Waals surface area (Å²) < 4.78 is 44.8. The van der Waals surface area contributed by atoms with E-state index in [0.29, 0.717) is 32.5 Å². The molecule has 0 N–H and O–H groups in total. The van der Waals surface area contributed by atoms with E-state index in [2.05, 4.69) is 87.3 Å². The molecule has 17 heteroatoms. The summed E-state index contributed by atoms with van der Waals surface area (Å²) in [6.45, 7) is 7.26. The predicted molar refractivity (Wildman–Crippen MR) is 370 cm³/mol. The Kier molecular flexibility index (Phi) is 18.1. The third kappa shape index (κ3) is 13.5. The molecule has 10 aromatic heterocycles. The molecule has 0 spiro atoms. The number of halogens is 6. The van der Waals surface area contributed by atoms with Gasteiger partial charge in [0.15, 0.2) is 11.6 Å². The summed E-state index contributed by atoms with van der Waals surface area (Å²) in [7, 11) is 0. The van der Waals surface area contributed by atoms with Gasteiger partial charge in [-0.1, -0.05) is 126 Å². The van der Waals surface area contributed by atoms with Crippen LogP contribution in [-0.2, 0) is 0 Å². The second-order valence-electron chi connectivity index (χ2n) is 21.2. The first-order chi connectivity index (χ1) is 46.0. The fraction of sp³-hybridized carbons (Fsp3) is 0. The van der Waals surface area contributed by atoms with Crippen LogP contribution in [0.3, 0.4) is 0 Å². The lowest BCUT2D eigenvalue weighted by Gasteiger charge is -2.11. The second-order valence-corrected chi connectivity index (χ2v) is 22.5. The molecule has 0 bridgehead atoms. The molecule has 0 fully saturated rings. The van der Waals surface area contributed by atoms with Crippen LogP contribution in [0.4, 0.5) is 19.0 Å². The molecule has 0 aliphatic heterocycles. The van der Waals surface area contributed by atoms with Crippen LogP contribution in [-0.4, -0.2) is 48.7 Å². The summed E-state index contributed by atoms with van der Waals surface area (Å²) in [6, 6.07) is 67.6. The van der Waals surface area contributed by atoms with Crippen molar-refractivity contribution >= 4 is 73.7 Å². The van der Waals surface area contributed by atoms with Crippen LogP contribution in [0.5, 0.6) is 0 Å². The van der Waals surface area contributed by atoms with Crippen molar-refractivity contribution in [2.24, 2.45) is 0 Å². The number of rotatable bonds is 8. The molecule has 16 rings (SSSR count). The second kappa shape index (κ2) is 27.8. The molecule has 0 atom stereocenters. The van der Waals surface area contributed by atoms with Gasteiger partial charge in [-0.15, -0.1) is 0 Å². The molecule has 0 saturated heterocycles. The third-order valence-corrected chi connectivity index (χ3v) is 15.9. The highest BCUT2D eigenvalue weighted by atomic mass is 35.5. The number of hydrogen-bond donors (Lipinski definition) is 0. The average Bonchev–Trinajstić information content (AvgIpc) is 1.49. The van der Waals surface area contributed by atoms with Gasteiger partial charge in [-0.2, -0.15) is 0 Å². The maximum absolute atomic E-state index is 14.2. The minimum absolute atomic E-state index is 0.0826. The highest BCUT2D eigenvalue weighted by molar-refractivity contribution is 6.31. The molecule has 0 aliphatic carbocycles. The summed E-state index contributed by atoms with van der Waals surface area (Å²) in [5, 5.41) is 4.12. The normalized spacial score (nSPS) is 10.9. The summed E-state index contributed by atoms with van der Waals surface area (Å²) in [5.74, 6) is -2.72. The van der Waals surface area contributed by atoms with E-state index in [1.165, 1.54) is 6.20 Å². The van der Waals surface area contributed by atoms with E-state index in [1.54, 1.807) is 47.5 Å². The van der Waals surface area contributed by atoms with Gasteiger partial charge in [-0.3, -0.25) is 29.9 Å². The highest BCUT2D eigenvalue weighted by Gasteiger charge is 2.18. The average molecular weight is 1290 g/mol. The molecule has 0 radical (unpaired) electrons. The number of pyridine rings is 8. The lowest BCUT2D eigenvalue weighted by Crippen LogP contribution is -1.95. The summed E-state index contributed by atoms with van der Waals surface area (Å²) in [5.41, 5.74) is 17.1. The van der Waals surface area contributed by atoms with Crippen molar-refractivity contribution in [1.29, 1.82) is 0 Å². The molecule has 11 nitrogen and oxygen atoms in total. The lowest BCUT2D eigenvalue weighted by atomic mass is 9.97. The topological polar surface area (TPSA) is 116 Å². The molecule has 16 aromatic rings. The van der Waals surface area contributed by atoms with E-state index in [0.717, 1.165) is 112 Å². The minimum Gasteiger partial charge on any atom is -0.362 e. The van der Waals surface area contributed by atoms with Crippen molar-refractivity contribution < 1.29 is 13.2 Å². The van der Waals surface area contributed by atoms with Gasteiger partial charge in [0.2, 0.25) is 5.65 Å². The van der Waals surface area contributed by atoms with Gasteiger partial charge in [-0.25, -0.2) is 27.5 Å². The lowest BCUT2D eigenvalue weighted by molar-refractivity contribution is 0.496. The number of benzene rings is 6. The molecule has 94 heavy (non-hydrogen) atoms. The Morgan fingerprint density at radius 1 is 0.330 bits per heavy atom. The van der Waals surface area contributed by atoms with Gasteiger partial charge < -0.3 is 9.25 Å². The quantitative estimate of drug-likeness (QED) is 0.109. The first-order valence-corrected chi connectivity index (χ1v) is 30.4. The summed E-state index contributed by atoms with van der Waals surface area (Å²) in [6.07, 6.45) is 19.7. The fourth-order valence-corrected chi connectivity index (χ4v) is 11.4. The van der Waals surface area contributed by atoms with E-state index in [4.69, 9.17) is 41.4 Å². The smallest absolute Gasteiger partial charge is 0.254 e. The molecule has 10 heterocycles. The highest BCUT2D eigenvalue weighted by Crippen LogP contribution is 2.37. The van der Waals surface area contributed by atoms with Crippen LogP contribution < -0.4 is 0 Å². The van der Waals surface area contributed by atoms with Gasteiger partial charge in [-0.05, 0) is 132 Å². The molecule has 0 saturated carbocycles. The largest absolute Gasteiger partial charge is 0.362 e. The van der Waals surface area contributed by atoms with E-state index in [1.807, 2.05) is 187 Å². The van der Waals surface area contributed by atoms with Crippen LogP contribution in [0, 0.1) is 24.0 Å². The number of nitrogens with zero attached hydrogens (tertiary/aromatic N) is 11. The van der Waals surface area contributed by atoms with Crippen molar-refractivity contribution in [2.45, 2.75) is 0 Å². The van der Waals surface area contributed by atoms with Gasteiger partial charge in [0.1, 0.15) is 11.5 Å². The van der Waals surface area contributed by atoms with Gasteiger partial charge in [0, 0.05) is 149 Å². The Bertz CT molecular complexity index is 5500. The van der Waals surface area contributed by atoms with Crippen molar-refractivity contribution in [3.05, 3.63) is 330 Å². The van der Waals surface area contributed by atoms with E-state index >= 15 is 0 Å². The number of hydrogen-bond acceptors (Lipinski definition) is 8. The fourth-order valence-electron chi connectivity index (χ4n) is 10.8. The molecule has 6 aromatic carbocycles. The van der Waals surface area contributed by atoms with Gasteiger partial charge in [0.25, 0.3) is 5.82 Å². The summed E-state index contributed by atoms with van der Waals surface area (Å²) >= 11 is 18.4. The Balaban J connectivity index is 0.000000114. The molecule has 452 valence electrons. The Morgan fingerprint density at radius 2 is 0.766 bits per heavy atom. The molecular weight excluding hydrogens is 1240 g/mol. The predicted octanol–water partition coefficient (Wildman–Crippen LogP) is 21.0. The SMILES string of the molecule is Clc1cccc(-c2ncccc2-c2ccc3ncccc3c2)c1.Clc1cccc(-c2ncccc2-c2ccc3nccn3c2)c1.Fc1cc(F)c(-c2ncccc2-c2ccc3ncccc3c2)cc1F.[C-]#[N+]c1cnc2ccc(-c3cccnc3-c3cccc(Cl)c3)cn12. The Hall–Kier alpha value is -11.7. The monoisotopic (exact) mass is 1290 g/mol. The summed E-state index contributed by atoms with van der Waals surface area (Å²) in [4.78, 5) is 38.5. The van der Waals surface area contributed by atoms with E-state index < -0.39 is 17.5 Å². The molecule has 0 unspecified atom stereocenters. The Morgan fingerprint density at radius 3 is 1.28 bits per heavy atom. The number of fused-ring (bicyclic) bond motifs is 4. The number of imidazole rings is 2. The van der Waals surface area contributed by atoms with Crippen LogP contribution in [0.25, 0.3) is 127 Å². The van der Waals surface area contributed by atoms with E-state index in [-0.39, 0.29) is 11.3 Å².